The summed E-state index contributed by atoms with van der Waals surface area (Å²) >= 11 is 0. The molecule has 0 fully saturated rings. The first-order chi connectivity index (χ1) is 12.4. The fourth-order valence-corrected chi connectivity index (χ4v) is 2.55. The number of carbonyl (C=O) groups excluding carboxylic acids is 1. The number of ether oxygens (including phenoxy) is 1. The first-order valence-corrected chi connectivity index (χ1v) is 8.81. The van der Waals surface area contributed by atoms with Crippen molar-refractivity contribution in [2.75, 3.05) is 5.32 Å². The van der Waals surface area contributed by atoms with Gasteiger partial charge in [0.1, 0.15) is 11.6 Å². The summed E-state index contributed by atoms with van der Waals surface area (Å²) in [7, 11) is 0. The van der Waals surface area contributed by atoms with Crippen LogP contribution >= 0.6 is 0 Å². The van der Waals surface area contributed by atoms with Crippen molar-refractivity contribution in [2.45, 2.75) is 65.5 Å². The van der Waals surface area contributed by atoms with Gasteiger partial charge in [-0.25, -0.2) is 4.68 Å². The van der Waals surface area contributed by atoms with Gasteiger partial charge in [0.2, 0.25) is 5.91 Å². The summed E-state index contributed by atoms with van der Waals surface area (Å²) in [5, 5.41) is 7.55. The molecule has 1 amide bonds. The Hall–Kier alpha value is -2.44. The fraction of sp³-hybridized carbons (Fsp3) is 0.500. The van der Waals surface area contributed by atoms with E-state index in [-0.39, 0.29) is 29.0 Å². The highest BCUT2D eigenvalue weighted by Gasteiger charge is 2.25. The molecule has 0 spiro atoms. The third kappa shape index (κ3) is 5.77. The van der Waals surface area contributed by atoms with Gasteiger partial charge in [-0.2, -0.15) is 13.9 Å². The van der Waals surface area contributed by atoms with Crippen LogP contribution in [0.15, 0.2) is 30.3 Å². The second-order valence-electron chi connectivity index (χ2n) is 8.50. The lowest BCUT2D eigenvalue weighted by atomic mass is 9.92. The Morgan fingerprint density at radius 3 is 2.41 bits per heavy atom. The summed E-state index contributed by atoms with van der Waals surface area (Å²) in [5.41, 5.74) is 0.997. The summed E-state index contributed by atoms with van der Waals surface area (Å²) < 4.78 is 30.9. The second kappa shape index (κ2) is 7.66. The van der Waals surface area contributed by atoms with Crippen molar-refractivity contribution in [3.05, 3.63) is 41.6 Å². The van der Waals surface area contributed by atoms with Crippen molar-refractivity contribution in [1.82, 2.24) is 9.78 Å². The lowest BCUT2D eigenvalue weighted by Crippen LogP contribution is -2.27. The van der Waals surface area contributed by atoms with Crippen LogP contribution in [0.5, 0.6) is 5.75 Å². The molecule has 2 rings (SSSR count). The van der Waals surface area contributed by atoms with E-state index in [1.165, 1.54) is 12.1 Å². The zero-order valence-electron chi connectivity index (χ0n) is 16.6. The Kier molecular flexibility index (Phi) is 5.92. The van der Waals surface area contributed by atoms with Gasteiger partial charge in [0.25, 0.3) is 0 Å². The minimum absolute atomic E-state index is 0.0325. The van der Waals surface area contributed by atoms with E-state index in [4.69, 9.17) is 0 Å². The molecule has 5 nitrogen and oxygen atoms in total. The number of halogens is 2. The first-order valence-electron chi connectivity index (χ1n) is 8.81. The molecule has 2 aromatic rings. The van der Waals surface area contributed by atoms with Crippen molar-refractivity contribution in [1.29, 1.82) is 0 Å². The number of rotatable bonds is 5. The highest BCUT2D eigenvalue weighted by atomic mass is 19.3. The maximum atomic E-state index is 12.5. The molecule has 0 unspecified atom stereocenters. The Balaban J connectivity index is 2.19. The molecule has 0 radical (unpaired) electrons. The van der Waals surface area contributed by atoms with E-state index in [1.54, 1.807) is 16.8 Å². The fourth-order valence-electron chi connectivity index (χ4n) is 2.55. The SMILES string of the molecule is CC(C)(C)c1cc(NC(=O)Cc2cccc(OC(F)F)c2)n(C(C)(C)C)n1. The highest BCUT2D eigenvalue weighted by Crippen LogP contribution is 2.28. The predicted molar refractivity (Wildman–Crippen MR) is 101 cm³/mol. The van der Waals surface area contributed by atoms with Gasteiger partial charge in [-0.3, -0.25) is 4.79 Å². The smallest absolute Gasteiger partial charge is 0.387 e. The zero-order chi connectivity index (χ0) is 20.4. The lowest BCUT2D eigenvalue weighted by Gasteiger charge is -2.23. The molecule has 0 aliphatic carbocycles. The van der Waals surface area contributed by atoms with Gasteiger partial charge in [-0.1, -0.05) is 32.9 Å². The van der Waals surface area contributed by atoms with Crippen molar-refractivity contribution in [3.8, 4) is 5.75 Å². The Morgan fingerprint density at radius 2 is 1.85 bits per heavy atom. The third-order valence-electron chi connectivity index (χ3n) is 3.87. The van der Waals surface area contributed by atoms with E-state index in [9.17, 15) is 13.6 Å². The van der Waals surface area contributed by atoms with Gasteiger partial charge in [-0.15, -0.1) is 0 Å². The molecule has 27 heavy (non-hydrogen) atoms. The maximum Gasteiger partial charge on any atom is 0.387 e. The number of carbonyl (C=O) groups is 1. The number of anilines is 1. The number of benzene rings is 1. The van der Waals surface area contributed by atoms with Gasteiger partial charge >= 0.3 is 6.61 Å². The average Bonchev–Trinajstić information content (AvgIpc) is 2.90. The van der Waals surface area contributed by atoms with E-state index < -0.39 is 6.61 Å². The van der Waals surface area contributed by atoms with Gasteiger partial charge in [0, 0.05) is 11.5 Å². The van der Waals surface area contributed by atoms with Gasteiger partial charge in [-0.05, 0) is 38.5 Å². The van der Waals surface area contributed by atoms with Crippen molar-refractivity contribution in [3.63, 3.8) is 0 Å². The van der Waals surface area contributed by atoms with Crippen LogP contribution in [0.3, 0.4) is 0 Å². The minimum Gasteiger partial charge on any atom is -0.435 e. The van der Waals surface area contributed by atoms with E-state index in [2.05, 4.69) is 35.9 Å². The Labute approximate surface area is 158 Å². The molecule has 0 atom stereocenters. The van der Waals surface area contributed by atoms with Crippen molar-refractivity contribution >= 4 is 11.7 Å². The van der Waals surface area contributed by atoms with Crippen LogP contribution in [-0.2, 0) is 22.2 Å². The number of aromatic nitrogens is 2. The van der Waals surface area contributed by atoms with E-state index >= 15 is 0 Å². The average molecular weight is 379 g/mol. The van der Waals surface area contributed by atoms with Crippen LogP contribution in [0.1, 0.15) is 52.8 Å². The van der Waals surface area contributed by atoms with Crippen LogP contribution in [0.2, 0.25) is 0 Å². The molecule has 1 aromatic carbocycles. The normalized spacial score (nSPS) is 12.3. The maximum absolute atomic E-state index is 12.5. The van der Waals surface area contributed by atoms with Gasteiger partial charge < -0.3 is 10.1 Å². The predicted octanol–water partition coefficient (Wildman–Crippen LogP) is 4.72. The molecule has 0 aliphatic heterocycles. The molecule has 0 aliphatic rings. The van der Waals surface area contributed by atoms with Gasteiger partial charge in [0.05, 0.1) is 17.7 Å². The number of hydrogen-bond donors (Lipinski definition) is 1. The number of amides is 1. The van der Waals surface area contributed by atoms with Crippen molar-refractivity contribution < 1.29 is 18.3 Å². The zero-order valence-corrected chi connectivity index (χ0v) is 16.6. The topological polar surface area (TPSA) is 56.1 Å². The van der Waals surface area contributed by atoms with Crippen LogP contribution < -0.4 is 10.1 Å². The largest absolute Gasteiger partial charge is 0.435 e. The first kappa shape index (κ1) is 20.9. The third-order valence-corrected chi connectivity index (χ3v) is 3.87. The van der Waals surface area contributed by atoms with E-state index in [0.29, 0.717) is 11.4 Å². The van der Waals surface area contributed by atoms with E-state index in [1.807, 2.05) is 26.8 Å². The number of nitrogens with zero attached hydrogens (tertiary/aromatic N) is 2. The summed E-state index contributed by atoms with van der Waals surface area (Å²) in [6.45, 7) is 9.30. The molecule has 1 heterocycles. The number of hydrogen-bond acceptors (Lipinski definition) is 3. The van der Waals surface area contributed by atoms with Crippen LogP contribution in [0, 0.1) is 0 Å². The van der Waals surface area contributed by atoms with Crippen LogP contribution in [0.25, 0.3) is 0 Å². The van der Waals surface area contributed by atoms with E-state index in [0.717, 1.165) is 5.69 Å². The molecule has 0 saturated carbocycles. The van der Waals surface area contributed by atoms with Crippen LogP contribution in [0.4, 0.5) is 14.6 Å². The number of alkyl halides is 2. The molecular weight excluding hydrogens is 352 g/mol. The summed E-state index contributed by atoms with van der Waals surface area (Å²) in [6, 6.07) is 8.02. The molecule has 0 saturated heterocycles. The Bertz CT molecular complexity index is 802. The van der Waals surface area contributed by atoms with Gasteiger partial charge in [0.15, 0.2) is 0 Å². The summed E-state index contributed by atoms with van der Waals surface area (Å²) in [4.78, 5) is 12.5. The Morgan fingerprint density at radius 1 is 1.19 bits per heavy atom. The van der Waals surface area contributed by atoms with Crippen LogP contribution in [-0.4, -0.2) is 22.3 Å². The minimum atomic E-state index is -2.90. The molecule has 148 valence electrons. The molecule has 0 bridgehead atoms. The molecule has 1 N–H and O–H groups in total. The number of nitrogens with one attached hydrogen (secondary N) is 1. The van der Waals surface area contributed by atoms with Crippen molar-refractivity contribution in [2.24, 2.45) is 0 Å². The monoisotopic (exact) mass is 379 g/mol. The lowest BCUT2D eigenvalue weighted by molar-refractivity contribution is -0.115. The summed E-state index contributed by atoms with van der Waals surface area (Å²) in [5.74, 6) is 0.387. The molecular formula is C20H27F2N3O2. The highest BCUT2D eigenvalue weighted by molar-refractivity contribution is 5.91. The second-order valence-corrected chi connectivity index (χ2v) is 8.50. The quantitative estimate of drug-likeness (QED) is 0.818. The molecule has 1 aromatic heterocycles. The standard InChI is InChI=1S/C20H27F2N3O2/c1-19(2,3)15-12-16(25(24-15)20(4,5)6)23-17(26)11-13-8-7-9-14(10-13)27-18(21)22/h7-10,12,18H,11H2,1-6H3,(H,23,26). The summed E-state index contributed by atoms with van der Waals surface area (Å²) in [6.07, 6.45) is 0.0423. The molecule has 7 heteroatoms.